The Morgan fingerprint density at radius 2 is 1.95 bits per heavy atom. The van der Waals surface area contributed by atoms with Gasteiger partial charge in [-0.05, 0) is 48.0 Å². The summed E-state index contributed by atoms with van der Waals surface area (Å²) in [4.78, 5) is 11.4. The van der Waals surface area contributed by atoms with Crippen molar-refractivity contribution in [2.24, 2.45) is 5.92 Å². The van der Waals surface area contributed by atoms with Crippen molar-refractivity contribution >= 4 is 27.6 Å². The maximum Gasteiger partial charge on any atom is 0.416 e. The van der Waals surface area contributed by atoms with Crippen molar-refractivity contribution in [1.82, 2.24) is 0 Å². The van der Waals surface area contributed by atoms with Gasteiger partial charge in [-0.2, -0.15) is 13.2 Å². The lowest BCUT2D eigenvalue weighted by atomic mass is 10.0. The number of hydrogen-bond donors (Lipinski definition) is 1. The van der Waals surface area contributed by atoms with E-state index in [0.717, 1.165) is 12.1 Å². The average Bonchev–Trinajstić information content (AvgIpc) is 2.38. The number of alkyl halides is 3. The normalized spacial score (nSPS) is 14.6. The zero-order chi connectivity index (χ0) is 15.5. The molecule has 0 radical (unpaired) electrons. The van der Waals surface area contributed by atoms with Crippen molar-refractivity contribution in [3.63, 3.8) is 0 Å². The summed E-state index contributed by atoms with van der Waals surface area (Å²) < 4.78 is 43.1. The molecular weight excluding hydrogens is 339 g/mol. The van der Waals surface area contributed by atoms with Crippen molar-refractivity contribution in [3.05, 3.63) is 28.2 Å². The molecule has 0 fully saturated rings. The van der Waals surface area contributed by atoms with E-state index in [1.54, 1.807) is 13.8 Å². The molecule has 2 atom stereocenters. The molecule has 1 rings (SSSR count). The Bertz CT molecular complexity index is 491. The van der Waals surface area contributed by atoms with Crippen LogP contribution >= 0.6 is 15.9 Å². The van der Waals surface area contributed by atoms with E-state index in [-0.39, 0.29) is 11.7 Å². The van der Waals surface area contributed by atoms with Crippen LogP contribution in [0.15, 0.2) is 22.7 Å². The van der Waals surface area contributed by atoms with Crippen molar-refractivity contribution in [2.75, 3.05) is 12.4 Å². The van der Waals surface area contributed by atoms with Crippen molar-refractivity contribution < 1.29 is 22.7 Å². The molecule has 1 aromatic carbocycles. The summed E-state index contributed by atoms with van der Waals surface area (Å²) in [5.74, 6) is -0.908. The molecule has 0 amide bonds. The molecule has 7 heteroatoms. The second-order valence-corrected chi connectivity index (χ2v) is 5.29. The van der Waals surface area contributed by atoms with Gasteiger partial charge in [0.2, 0.25) is 0 Å². The Hall–Kier alpha value is -1.24. The van der Waals surface area contributed by atoms with Gasteiger partial charge in [0.1, 0.15) is 0 Å². The minimum absolute atomic E-state index is 0.281. The molecule has 0 saturated carbocycles. The van der Waals surface area contributed by atoms with E-state index in [1.165, 1.54) is 13.2 Å². The van der Waals surface area contributed by atoms with Crippen LogP contribution in [-0.4, -0.2) is 19.1 Å². The Kier molecular flexibility index (Phi) is 5.44. The highest BCUT2D eigenvalue weighted by Crippen LogP contribution is 2.34. The fourth-order valence-corrected chi connectivity index (χ4v) is 1.93. The molecule has 1 aromatic rings. The number of hydrogen-bond acceptors (Lipinski definition) is 3. The van der Waals surface area contributed by atoms with Crippen LogP contribution in [0.4, 0.5) is 18.9 Å². The van der Waals surface area contributed by atoms with Gasteiger partial charge in [-0.1, -0.05) is 0 Å². The predicted octanol–water partition coefficient (Wildman–Crippen LogP) is 4.08. The van der Waals surface area contributed by atoms with E-state index >= 15 is 0 Å². The summed E-state index contributed by atoms with van der Waals surface area (Å²) in [6.45, 7) is 3.35. The molecule has 0 heterocycles. The fourth-order valence-electron chi connectivity index (χ4n) is 1.57. The topological polar surface area (TPSA) is 38.3 Å². The Morgan fingerprint density at radius 3 is 2.45 bits per heavy atom. The van der Waals surface area contributed by atoms with Crippen LogP contribution < -0.4 is 5.32 Å². The van der Waals surface area contributed by atoms with Gasteiger partial charge in [0.25, 0.3) is 0 Å². The quantitative estimate of drug-likeness (QED) is 0.829. The number of methoxy groups -OCH3 is 1. The van der Waals surface area contributed by atoms with Gasteiger partial charge < -0.3 is 10.1 Å². The van der Waals surface area contributed by atoms with Gasteiger partial charge in [0, 0.05) is 16.2 Å². The fraction of sp³-hybridized carbons (Fsp3) is 0.462. The molecule has 20 heavy (non-hydrogen) atoms. The molecule has 0 saturated heterocycles. The number of nitrogens with one attached hydrogen (secondary N) is 1. The minimum Gasteiger partial charge on any atom is -0.469 e. The molecule has 0 aliphatic carbocycles. The molecular formula is C13H15BrF3NO2. The summed E-state index contributed by atoms with van der Waals surface area (Å²) >= 11 is 3.18. The smallest absolute Gasteiger partial charge is 0.416 e. The first kappa shape index (κ1) is 16.8. The van der Waals surface area contributed by atoms with Gasteiger partial charge in [-0.15, -0.1) is 0 Å². The van der Waals surface area contributed by atoms with Crippen molar-refractivity contribution in [3.8, 4) is 0 Å². The van der Waals surface area contributed by atoms with Crippen LogP contribution in [0.2, 0.25) is 0 Å². The van der Waals surface area contributed by atoms with Gasteiger partial charge in [-0.25, -0.2) is 0 Å². The van der Waals surface area contributed by atoms with Crippen LogP contribution in [0.1, 0.15) is 19.4 Å². The van der Waals surface area contributed by atoms with E-state index in [4.69, 9.17) is 0 Å². The van der Waals surface area contributed by atoms with Crippen molar-refractivity contribution in [1.29, 1.82) is 0 Å². The molecule has 0 aliphatic rings. The highest BCUT2D eigenvalue weighted by atomic mass is 79.9. The number of carbonyl (C=O) groups is 1. The average molecular weight is 354 g/mol. The van der Waals surface area contributed by atoms with Gasteiger partial charge in [-0.3, -0.25) is 4.79 Å². The predicted molar refractivity (Wildman–Crippen MR) is 73.4 cm³/mol. The summed E-state index contributed by atoms with van der Waals surface area (Å²) in [5.41, 5.74) is -0.468. The number of carbonyl (C=O) groups excluding carboxylic acids is 1. The van der Waals surface area contributed by atoms with Crippen LogP contribution in [-0.2, 0) is 15.7 Å². The second-order valence-electron chi connectivity index (χ2n) is 4.44. The number of benzene rings is 1. The first-order chi connectivity index (χ1) is 9.16. The first-order valence-electron chi connectivity index (χ1n) is 5.88. The zero-order valence-corrected chi connectivity index (χ0v) is 12.8. The third-order valence-corrected chi connectivity index (χ3v) is 3.69. The molecule has 0 bridgehead atoms. The lowest BCUT2D eigenvalue weighted by Crippen LogP contribution is -2.31. The van der Waals surface area contributed by atoms with Crippen LogP contribution in [0.5, 0.6) is 0 Å². The molecule has 0 spiro atoms. The van der Waals surface area contributed by atoms with Crippen LogP contribution in [0.25, 0.3) is 0 Å². The first-order valence-corrected chi connectivity index (χ1v) is 6.67. The molecule has 1 N–H and O–H groups in total. The summed E-state index contributed by atoms with van der Waals surface area (Å²) in [5, 5.41) is 2.89. The second kappa shape index (κ2) is 6.47. The van der Waals surface area contributed by atoms with Crippen LogP contribution in [0.3, 0.4) is 0 Å². The monoisotopic (exact) mass is 353 g/mol. The van der Waals surface area contributed by atoms with Gasteiger partial charge >= 0.3 is 12.1 Å². The highest BCUT2D eigenvalue weighted by Gasteiger charge is 2.31. The summed E-state index contributed by atoms with van der Waals surface area (Å²) in [7, 11) is 1.27. The van der Waals surface area contributed by atoms with E-state index in [1.807, 2.05) is 0 Å². The lowest BCUT2D eigenvalue weighted by molar-refractivity contribution is -0.145. The van der Waals surface area contributed by atoms with E-state index in [2.05, 4.69) is 26.0 Å². The van der Waals surface area contributed by atoms with Gasteiger partial charge in [0.15, 0.2) is 0 Å². The number of anilines is 1. The lowest BCUT2D eigenvalue weighted by Gasteiger charge is -2.22. The zero-order valence-electron chi connectivity index (χ0n) is 11.2. The third kappa shape index (κ3) is 4.13. The summed E-state index contributed by atoms with van der Waals surface area (Å²) in [6, 6.07) is 2.94. The van der Waals surface area contributed by atoms with Crippen LogP contribution in [0, 0.1) is 5.92 Å². The van der Waals surface area contributed by atoms with E-state index in [9.17, 15) is 18.0 Å². The maximum atomic E-state index is 12.7. The molecule has 0 aliphatic heterocycles. The Balaban J connectivity index is 2.94. The third-order valence-electron chi connectivity index (χ3n) is 3.00. The number of ether oxygens (including phenoxy) is 1. The molecule has 112 valence electrons. The Morgan fingerprint density at radius 1 is 1.35 bits per heavy atom. The number of rotatable bonds is 4. The molecule has 2 unspecified atom stereocenters. The van der Waals surface area contributed by atoms with E-state index < -0.39 is 23.6 Å². The SMILES string of the molecule is COC(=O)C(C)C(C)Nc1cc(C(F)(F)F)ccc1Br. The van der Waals surface area contributed by atoms with Crippen molar-refractivity contribution in [2.45, 2.75) is 26.1 Å². The molecule has 0 aromatic heterocycles. The van der Waals surface area contributed by atoms with Gasteiger partial charge in [0.05, 0.1) is 18.6 Å². The Labute approximate surface area is 123 Å². The minimum atomic E-state index is -4.41. The van der Waals surface area contributed by atoms with E-state index in [0.29, 0.717) is 4.47 Å². The number of esters is 1. The number of halogens is 4. The molecule has 3 nitrogen and oxygen atoms in total. The standard InChI is InChI=1S/C13H15BrF3NO2/c1-7(12(19)20-3)8(2)18-11-6-9(13(15,16)17)4-5-10(11)14/h4-8,18H,1-3H3. The largest absolute Gasteiger partial charge is 0.469 e. The summed E-state index contributed by atoms with van der Waals surface area (Å²) in [6.07, 6.45) is -4.41. The highest BCUT2D eigenvalue weighted by molar-refractivity contribution is 9.10. The maximum absolute atomic E-state index is 12.7.